The lowest BCUT2D eigenvalue weighted by Crippen LogP contribution is -2.69. The number of carbonyl (C=O) groups is 1. The van der Waals surface area contributed by atoms with Crippen LogP contribution < -0.4 is 5.32 Å². The fourth-order valence-corrected chi connectivity index (χ4v) is 12.9. The van der Waals surface area contributed by atoms with Gasteiger partial charge in [-0.25, -0.2) is 0 Å². The Balaban J connectivity index is 1.03. The Hall–Kier alpha value is -1.51. The fraction of sp³-hybridized carbons (Fsp3) is 0.844. The number of amides is 1. The summed E-state index contributed by atoms with van der Waals surface area (Å²) in [6.07, 6.45) is 14.1. The molecule has 4 aliphatic carbocycles. The second-order valence-electron chi connectivity index (χ2n) is 19.5. The van der Waals surface area contributed by atoms with E-state index in [-0.39, 0.29) is 18.1 Å². The number of fused-ring (bicyclic) bond motifs is 6. The summed E-state index contributed by atoms with van der Waals surface area (Å²) < 4.78 is 32.9. The average Bonchev–Trinajstić information content (AvgIpc) is 3.45. The summed E-state index contributed by atoms with van der Waals surface area (Å²) in [4.78, 5) is 12.7. The second-order valence-corrected chi connectivity index (χ2v) is 19.5. The molecule has 0 spiro atoms. The Kier molecular flexibility index (Phi) is 11.6. The van der Waals surface area contributed by atoms with Crippen LogP contribution in [-0.4, -0.2) is 55.0 Å². The maximum absolute atomic E-state index is 12.7. The van der Waals surface area contributed by atoms with Crippen molar-refractivity contribution in [3.05, 3.63) is 35.9 Å². The first-order valence-corrected chi connectivity index (χ1v) is 21.3. The summed E-state index contributed by atoms with van der Waals surface area (Å²) in [5.41, 5.74) is 1.97. The third-order valence-electron chi connectivity index (χ3n) is 15.5. The molecule has 2 saturated heterocycles. The van der Waals surface area contributed by atoms with Gasteiger partial charge in [0, 0.05) is 6.92 Å². The third kappa shape index (κ3) is 7.79. The number of benzene rings is 1. The highest BCUT2D eigenvalue weighted by Crippen LogP contribution is 2.68. The van der Waals surface area contributed by atoms with E-state index in [4.69, 9.17) is 23.7 Å². The topological polar surface area (TPSA) is 75.3 Å². The van der Waals surface area contributed by atoms with Crippen LogP contribution in [0.4, 0.5) is 0 Å². The Bertz CT molecular complexity index is 1350. The van der Waals surface area contributed by atoms with Crippen molar-refractivity contribution >= 4 is 5.91 Å². The van der Waals surface area contributed by atoms with Crippen molar-refractivity contribution in [1.82, 2.24) is 5.32 Å². The maximum Gasteiger partial charge on any atom is 0.217 e. The van der Waals surface area contributed by atoms with Crippen LogP contribution in [0.2, 0.25) is 0 Å². The van der Waals surface area contributed by atoms with Gasteiger partial charge in [-0.3, -0.25) is 4.79 Å². The molecule has 1 amide bonds. The van der Waals surface area contributed by atoms with Gasteiger partial charge < -0.3 is 29.0 Å². The zero-order valence-corrected chi connectivity index (χ0v) is 33.7. The molecule has 1 aromatic carbocycles. The Morgan fingerprint density at radius 3 is 2.42 bits per heavy atom. The van der Waals surface area contributed by atoms with Gasteiger partial charge in [0.2, 0.25) is 5.91 Å². The molecule has 1 aromatic rings. The van der Waals surface area contributed by atoms with Crippen LogP contribution in [0.5, 0.6) is 0 Å². The van der Waals surface area contributed by atoms with Crippen LogP contribution in [0.15, 0.2) is 30.3 Å². The quantitative estimate of drug-likeness (QED) is 0.230. The van der Waals surface area contributed by atoms with Crippen molar-refractivity contribution < 1.29 is 28.5 Å². The predicted octanol–water partition coefficient (Wildman–Crippen LogP) is 9.46. The zero-order chi connectivity index (χ0) is 36.8. The molecule has 7 nitrogen and oxygen atoms in total. The lowest BCUT2D eigenvalue weighted by atomic mass is 9.44. The van der Waals surface area contributed by atoms with Crippen molar-refractivity contribution in [2.75, 3.05) is 6.61 Å². The lowest BCUT2D eigenvalue weighted by Gasteiger charge is -2.61. The first-order chi connectivity index (χ1) is 24.8. The first kappa shape index (κ1) is 38.8. The van der Waals surface area contributed by atoms with Gasteiger partial charge in [0.25, 0.3) is 0 Å². The minimum Gasteiger partial charge on any atom is -0.368 e. The molecule has 0 radical (unpaired) electrons. The molecule has 0 unspecified atom stereocenters. The molecule has 52 heavy (non-hydrogen) atoms. The van der Waals surface area contributed by atoms with Gasteiger partial charge in [0.05, 0.1) is 19.3 Å². The second kappa shape index (κ2) is 15.6. The summed E-state index contributed by atoms with van der Waals surface area (Å²) in [6.45, 7) is 18.9. The van der Waals surface area contributed by atoms with Crippen molar-refractivity contribution in [1.29, 1.82) is 0 Å². The maximum atomic E-state index is 12.7. The van der Waals surface area contributed by atoms with E-state index in [1.807, 2.05) is 32.0 Å². The summed E-state index contributed by atoms with van der Waals surface area (Å²) in [5, 5.41) is 3.19. The molecule has 292 valence electrons. The smallest absolute Gasteiger partial charge is 0.217 e. The van der Waals surface area contributed by atoms with Crippen LogP contribution in [0, 0.1) is 52.3 Å². The van der Waals surface area contributed by atoms with Crippen molar-refractivity contribution in [3.63, 3.8) is 0 Å². The monoisotopic (exact) mass is 722 g/mol. The van der Waals surface area contributed by atoms with E-state index in [1.54, 1.807) is 6.92 Å². The Morgan fingerprint density at radius 1 is 0.923 bits per heavy atom. The Morgan fingerprint density at radius 2 is 1.67 bits per heavy atom. The van der Waals surface area contributed by atoms with Crippen LogP contribution in [0.1, 0.15) is 138 Å². The van der Waals surface area contributed by atoms with Crippen LogP contribution in [-0.2, 0) is 35.1 Å². The minimum atomic E-state index is -0.776. The number of nitrogens with one attached hydrogen (secondary N) is 1. The molecule has 7 rings (SSSR count). The van der Waals surface area contributed by atoms with Crippen LogP contribution in [0.3, 0.4) is 0 Å². The van der Waals surface area contributed by atoms with Crippen molar-refractivity contribution in [2.24, 2.45) is 52.3 Å². The summed E-state index contributed by atoms with van der Waals surface area (Å²) in [5.74, 6) is 4.93. The SMILES string of the molecule is CC(=O)N[C@H]1[C@H](O[C@H]2CC[C@@]3(C)[C@@H](CC[C@@H]4[C@@H]3CC[C@]3(C)[C@@H]([C@H](C)CCCC(C)C)CC[C@@H]43)C2)O[C@@H]2COC(C)(C)O[C@H]2[C@@H]1OCc1ccccc1. The third-order valence-corrected chi connectivity index (χ3v) is 15.5. The largest absolute Gasteiger partial charge is 0.368 e. The summed E-state index contributed by atoms with van der Waals surface area (Å²) in [6, 6.07) is 9.68. The fourth-order valence-electron chi connectivity index (χ4n) is 12.9. The van der Waals surface area contributed by atoms with Crippen LogP contribution >= 0.6 is 0 Å². The molecule has 4 saturated carbocycles. The summed E-state index contributed by atoms with van der Waals surface area (Å²) >= 11 is 0. The van der Waals surface area contributed by atoms with E-state index in [2.05, 4.69) is 52.1 Å². The molecule has 1 N–H and O–H groups in total. The molecule has 0 aromatic heterocycles. The highest BCUT2D eigenvalue weighted by molar-refractivity contribution is 5.73. The lowest BCUT2D eigenvalue weighted by molar-refractivity contribution is -0.377. The molecule has 6 fully saturated rings. The first-order valence-electron chi connectivity index (χ1n) is 21.3. The van der Waals surface area contributed by atoms with E-state index < -0.39 is 30.3 Å². The number of rotatable bonds is 11. The normalized spacial score (nSPS) is 43.1. The van der Waals surface area contributed by atoms with Gasteiger partial charge in [-0.05, 0) is 129 Å². The zero-order valence-electron chi connectivity index (χ0n) is 33.7. The van der Waals surface area contributed by atoms with E-state index in [9.17, 15) is 4.79 Å². The standard InChI is InChI=1S/C45H71NO6/c1-28(2)13-12-14-29(3)35-19-20-36-34-18-17-32-25-33(21-23-44(32,7)37(34)22-24-45(35,36)8)50-42-39(46-30(4)47)41(48-26-31-15-10-9-11-16-31)40-38(51-42)27-49-43(5,6)52-40/h9-11,15-16,28-29,32-42H,12-14,17-27H2,1-8H3,(H,46,47)/t29-,32+,33+,34+,35-,36+,37+,38-,39-,40-,41-,42-,44+,45-/m1/s1. The van der Waals surface area contributed by atoms with Crippen LogP contribution in [0.25, 0.3) is 0 Å². The molecule has 7 heteroatoms. The number of ether oxygens (including phenoxy) is 5. The van der Waals surface area contributed by atoms with E-state index in [0.717, 1.165) is 53.9 Å². The minimum absolute atomic E-state index is 0.0838. The number of hydrogen-bond donors (Lipinski definition) is 1. The molecular formula is C45H71NO6. The van der Waals surface area contributed by atoms with E-state index >= 15 is 0 Å². The van der Waals surface area contributed by atoms with E-state index in [1.165, 1.54) is 64.2 Å². The van der Waals surface area contributed by atoms with Gasteiger partial charge in [-0.1, -0.05) is 84.2 Å². The summed E-state index contributed by atoms with van der Waals surface area (Å²) in [7, 11) is 0. The van der Waals surface area contributed by atoms with Gasteiger partial charge >= 0.3 is 0 Å². The number of carbonyl (C=O) groups excluding carboxylic acids is 1. The number of hydrogen-bond acceptors (Lipinski definition) is 6. The van der Waals surface area contributed by atoms with Gasteiger partial charge in [-0.2, -0.15) is 0 Å². The molecule has 14 atom stereocenters. The molecular weight excluding hydrogens is 650 g/mol. The predicted molar refractivity (Wildman–Crippen MR) is 204 cm³/mol. The molecule has 2 aliphatic heterocycles. The average molecular weight is 722 g/mol. The molecule has 0 bridgehead atoms. The van der Waals surface area contributed by atoms with Gasteiger partial charge in [0.1, 0.15) is 24.4 Å². The highest BCUT2D eigenvalue weighted by Gasteiger charge is 2.61. The molecule has 2 heterocycles. The molecule has 6 aliphatic rings. The van der Waals surface area contributed by atoms with Gasteiger partial charge in [-0.15, -0.1) is 0 Å². The Labute approximate surface area is 315 Å². The van der Waals surface area contributed by atoms with Crippen molar-refractivity contribution in [3.8, 4) is 0 Å². The highest BCUT2D eigenvalue weighted by atomic mass is 16.8. The van der Waals surface area contributed by atoms with Crippen molar-refractivity contribution in [2.45, 2.75) is 182 Å². The van der Waals surface area contributed by atoms with E-state index in [0.29, 0.717) is 30.0 Å². The van der Waals surface area contributed by atoms with Gasteiger partial charge in [0.15, 0.2) is 12.1 Å².